The maximum absolute atomic E-state index is 13.4. The Morgan fingerprint density at radius 1 is 1.17 bits per heavy atom. The summed E-state index contributed by atoms with van der Waals surface area (Å²) in [5.74, 6) is -0.185. The molecule has 29 heavy (non-hydrogen) atoms. The largest absolute Gasteiger partial charge is 0.396 e. The van der Waals surface area contributed by atoms with E-state index in [-0.39, 0.29) is 42.7 Å². The van der Waals surface area contributed by atoms with Gasteiger partial charge in [0.1, 0.15) is 0 Å². The van der Waals surface area contributed by atoms with Crippen molar-refractivity contribution in [2.75, 3.05) is 26.7 Å². The molecule has 0 bridgehead atoms. The van der Waals surface area contributed by atoms with Crippen molar-refractivity contribution in [2.45, 2.75) is 24.8 Å². The van der Waals surface area contributed by atoms with Crippen molar-refractivity contribution in [3.8, 4) is 0 Å². The second kappa shape index (κ2) is 8.33. The van der Waals surface area contributed by atoms with Gasteiger partial charge in [0.05, 0.1) is 12.0 Å². The molecule has 3 heterocycles. The minimum atomic E-state index is -0.413. The first kappa shape index (κ1) is 19.6. The molecular formula is C23H27N3O3. The monoisotopic (exact) mass is 393 g/mol. The van der Waals surface area contributed by atoms with E-state index in [2.05, 4.69) is 17.1 Å². The van der Waals surface area contributed by atoms with Crippen LogP contribution in [0, 0.1) is 11.8 Å². The lowest BCUT2D eigenvalue weighted by Crippen LogP contribution is -2.47. The lowest BCUT2D eigenvalue weighted by Gasteiger charge is -2.40. The summed E-state index contributed by atoms with van der Waals surface area (Å²) in [5.41, 5.74) is 2.10. The van der Waals surface area contributed by atoms with Gasteiger partial charge in [0.15, 0.2) is 0 Å². The molecule has 6 nitrogen and oxygen atoms in total. The molecule has 6 heteroatoms. The zero-order valence-electron chi connectivity index (χ0n) is 16.6. The average Bonchev–Trinajstić information content (AvgIpc) is 3.08. The standard InChI is InChI=1S/C23H27N3O3/c1-25-21(28)12-20(22(25)17-8-5-10-24-13-17)23(29)26-11-9-19(18(14-26)15-27)16-6-3-2-4-7-16/h2-8,10,13,18-20,22,27H,9,11-12,14-15H2,1H3/t18-,19+,20-,22+/m0/s1. The van der Waals surface area contributed by atoms with Gasteiger partial charge in [-0.05, 0) is 29.5 Å². The Bertz CT molecular complexity index is 858. The number of carbonyl (C=O) groups excluding carboxylic acids is 2. The number of pyridine rings is 1. The first-order chi connectivity index (χ1) is 14.1. The fraction of sp³-hybridized carbons (Fsp3) is 0.435. The number of benzene rings is 1. The number of amides is 2. The zero-order valence-corrected chi connectivity index (χ0v) is 16.6. The minimum Gasteiger partial charge on any atom is -0.396 e. The number of aliphatic hydroxyl groups excluding tert-OH is 1. The highest BCUT2D eigenvalue weighted by molar-refractivity contribution is 5.90. The van der Waals surface area contributed by atoms with Crippen LogP contribution in [0.15, 0.2) is 54.9 Å². The van der Waals surface area contributed by atoms with Crippen molar-refractivity contribution >= 4 is 11.8 Å². The number of aromatic nitrogens is 1. The van der Waals surface area contributed by atoms with E-state index in [0.717, 1.165) is 12.0 Å². The number of hydrogen-bond acceptors (Lipinski definition) is 4. The lowest BCUT2D eigenvalue weighted by molar-refractivity contribution is -0.139. The molecule has 2 saturated heterocycles. The second-order valence-electron chi connectivity index (χ2n) is 8.08. The maximum Gasteiger partial charge on any atom is 0.228 e. The van der Waals surface area contributed by atoms with E-state index < -0.39 is 5.92 Å². The van der Waals surface area contributed by atoms with E-state index in [0.29, 0.717) is 13.1 Å². The van der Waals surface area contributed by atoms with Gasteiger partial charge in [-0.25, -0.2) is 0 Å². The third-order valence-corrected chi connectivity index (χ3v) is 6.44. The first-order valence-corrected chi connectivity index (χ1v) is 10.2. The molecule has 2 fully saturated rings. The summed E-state index contributed by atoms with van der Waals surface area (Å²) in [7, 11) is 1.76. The van der Waals surface area contributed by atoms with Gasteiger partial charge in [-0.2, -0.15) is 0 Å². The molecule has 1 aromatic carbocycles. The highest BCUT2D eigenvalue weighted by Crippen LogP contribution is 2.40. The van der Waals surface area contributed by atoms with E-state index in [9.17, 15) is 14.7 Å². The van der Waals surface area contributed by atoms with Crippen LogP contribution in [-0.2, 0) is 9.59 Å². The number of piperidine rings is 1. The van der Waals surface area contributed by atoms with Crippen molar-refractivity contribution in [1.82, 2.24) is 14.8 Å². The topological polar surface area (TPSA) is 73.7 Å². The molecule has 0 unspecified atom stereocenters. The second-order valence-corrected chi connectivity index (χ2v) is 8.08. The molecule has 1 N–H and O–H groups in total. The minimum absolute atomic E-state index is 0.00140. The summed E-state index contributed by atoms with van der Waals surface area (Å²) in [5, 5.41) is 9.99. The number of rotatable bonds is 4. The first-order valence-electron chi connectivity index (χ1n) is 10.2. The van der Waals surface area contributed by atoms with Gasteiger partial charge in [-0.1, -0.05) is 36.4 Å². The summed E-state index contributed by atoms with van der Waals surface area (Å²) in [6.45, 7) is 1.20. The Morgan fingerprint density at radius 2 is 1.93 bits per heavy atom. The molecule has 1 aromatic heterocycles. The van der Waals surface area contributed by atoms with Crippen molar-refractivity contribution in [3.05, 3.63) is 66.0 Å². The van der Waals surface area contributed by atoms with Crippen molar-refractivity contribution in [1.29, 1.82) is 0 Å². The zero-order chi connectivity index (χ0) is 20.4. The van der Waals surface area contributed by atoms with Crippen LogP contribution in [0.4, 0.5) is 0 Å². The Hall–Kier alpha value is -2.73. The fourth-order valence-electron chi connectivity index (χ4n) is 4.89. The molecule has 2 amide bonds. The van der Waals surface area contributed by atoms with Crippen LogP contribution in [0.5, 0.6) is 0 Å². The third kappa shape index (κ3) is 3.77. The van der Waals surface area contributed by atoms with E-state index in [1.165, 1.54) is 5.56 Å². The molecule has 0 spiro atoms. The van der Waals surface area contributed by atoms with Crippen LogP contribution in [0.25, 0.3) is 0 Å². The highest BCUT2D eigenvalue weighted by atomic mass is 16.3. The molecular weight excluding hydrogens is 366 g/mol. The molecule has 0 radical (unpaired) electrons. The molecule has 2 aliphatic heterocycles. The molecule has 2 aromatic rings. The Morgan fingerprint density at radius 3 is 2.62 bits per heavy atom. The van der Waals surface area contributed by atoms with Gasteiger partial charge in [0, 0.05) is 51.5 Å². The smallest absolute Gasteiger partial charge is 0.228 e. The normalized spacial score (nSPS) is 27.3. The predicted molar refractivity (Wildman–Crippen MR) is 109 cm³/mol. The van der Waals surface area contributed by atoms with Gasteiger partial charge in [-0.3, -0.25) is 14.6 Å². The molecule has 152 valence electrons. The van der Waals surface area contributed by atoms with Crippen LogP contribution in [0.3, 0.4) is 0 Å². The summed E-state index contributed by atoms with van der Waals surface area (Å²) >= 11 is 0. The van der Waals surface area contributed by atoms with Gasteiger partial charge >= 0.3 is 0 Å². The Labute approximate surface area is 171 Å². The molecule has 4 rings (SSSR count). The van der Waals surface area contributed by atoms with Gasteiger partial charge in [0.25, 0.3) is 0 Å². The van der Waals surface area contributed by atoms with Crippen LogP contribution < -0.4 is 0 Å². The highest BCUT2D eigenvalue weighted by Gasteiger charge is 2.45. The molecule has 0 aliphatic carbocycles. The number of likely N-dealkylation sites (tertiary alicyclic amines) is 2. The van der Waals surface area contributed by atoms with E-state index in [4.69, 9.17) is 0 Å². The molecule has 2 aliphatic rings. The van der Waals surface area contributed by atoms with E-state index in [1.807, 2.05) is 35.2 Å². The van der Waals surface area contributed by atoms with Gasteiger partial charge in [0.2, 0.25) is 11.8 Å². The van der Waals surface area contributed by atoms with Gasteiger partial charge < -0.3 is 14.9 Å². The molecule has 4 atom stereocenters. The lowest BCUT2D eigenvalue weighted by atomic mass is 9.80. The number of aliphatic hydroxyl groups is 1. The van der Waals surface area contributed by atoms with Crippen molar-refractivity contribution < 1.29 is 14.7 Å². The van der Waals surface area contributed by atoms with Crippen LogP contribution in [-0.4, -0.2) is 58.4 Å². The quantitative estimate of drug-likeness (QED) is 0.865. The number of carbonyl (C=O) groups is 2. The summed E-state index contributed by atoms with van der Waals surface area (Å²) < 4.78 is 0. The summed E-state index contributed by atoms with van der Waals surface area (Å²) in [6, 6.07) is 13.7. The SMILES string of the molecule is CN1C(=O)C[C@H](C(=O)N2CC[C@H](c3ccccc3)[C@H](CO)C2)[C@H]1c1cccnc1. The maximum atomic E-state index is 13.4. The third-order valence-electron chi connectivity index (χ3n) is 6.44. The summed E-state index contributed by atoms with van der Waals surface area (Å²) in [6.07, 6.45) is 4.46. The van der Waals surface area contributed by atoms with Crippen LogP contribution >= 0.6 is 0 Å². The molecule has 0 saturated carbocycles. The number of nitrogens with zero attached hydrogens (tertiary/aromatic N) is 3. The van der Waals surface area contributed by atoms with Crippen LogP contribution in [0.2, 0.25) is 0 Å². The average molecular weight is 393 g/mol. The van der Waals surface area contributed by atoms with E-state index in [1.54, 1.807) is 24.3 Å². The van der Waals surface area contributed by atoms with Crippen molar-refractivity contribution in [2.24, 2.45) is 11.8 Å². The van der Waals surface area contributed by atoms with Crippen LogP contribution in [0.1, 0.15) is 35.9 Å². The summed E-state index contributed by atoms with van der Waals surface area (Å²) in [4.78, 5) is 33.5. The Kier molecular flexibility index (Phi) is 5.62. The predicted octanol–water partition coefficient (Wildman–Crippen LogP) is 2.23. The van der Waals surface area contributed by atoms with Crippen molar-refractivity contribution in [3.63, 3.8) is 0 Å². The van der Waals surface area contributed by atoms with E-state index >= 15 is 0 Å². The van der Waals surface area contributed by atoms with Gasteiger partial charge in [-0.15, -0.1) is 0 Å². The number of hydrogen-bond donors (Lipinski definition) is 1. The fourth-order valence-corrected chi connectivity index (χ4v) is 4.89. The Balaban J connectivity index is 1.53.